The van der Waals surface area contributed by atoms with Gasteiger partial charge in [0, 0.05) is 17.9 Å². The molecular weight excluding hydrogens is 332 g/mol. The number of urea groups is 1. The molecule has 2 fully saturated rings. The van der Waals surface area contributed by atoms with Crippen LogP contribution in [0.15, 0.2) is 18.2 Å². The molecule has 2 aliphatic heterocycles. The number of nitrogens with one attached hydrogen (secondary N) is 1. The van der Waals surface area contributed by atoms with E-state index in [-0.39, 0.29) is 18.4 Å². The summed E-state index contributed by atoms with van der Waals surface area (Å²) in [4.78, 5) is 40.9. The average Bonchev–Trinajstić information content (AvgIpc) is 2.86. The molecule has 7 nitrogen and oxygen atoms in total. The number of fused-ring (bicyclic) bond motifs is 1. The molecule has 0 atom stereocenters. The summed E-state index contributed by atoms with van der Waals surface area (Å²) < 4.78 is 0. The first-order chi connectivity index (χ1) is 12.5. The maximum Gasteiger partial charge on any atom is 0.325 e. The summed E-state index contributed by atoms with van der Waals surface area (Å²) >= 11 is 0. The van der Waals surface area contributed by atoms with Crippen molar-refractivity contribution in [1.29, 1.82) is 0 Å². The lowest BCUT2D eigenvalue weighted by Gasteiger charge is -2.32. The second kappa shape index (κ2) is 6.30. The Morgan fingerprint density at radius 1 is 1.15 bits per heavy atom. The van der Waals surface area contributed by atoms with E-state index in [0.717, 1.165) is 48.3 Å². The van der Waals surface area contributed by atoms with E-state index >= 15 is 0 Å². The molecule has 138 valence electrons. The number of nitrogens with zero attached hydrogens (tertiary/aromatic N) is 2. The van der Waals surface area contributed by atoms with Crippen molar-refractivity contribution in [1.82, 2.24) is 10.2 Å². The van der Waals surface area contributed by atoms with Gasteiger partial charge in [-0.05, 0) is 43.4 Å². The van der Waals surface area contributed by atoms with Crippen LogP contribution in [0.2, 0.25) is 0 Å². The van der Waals surface area contributed by atoms with Gasteiger partial charge in [-0.2, -0.15) is 0 Å². The van der Waals surface area contributed by atoms with Crippen LogP contribution < -0.4 is 16.0 Å². The van der Waals surface area contributed by atoms with E-state index in [1.165, 1.54) is 0 Å². The molecule has 0 aromatic heterocycles. The number of rotatable bonds is 2. The topological polar surface area (TPSA) is 95.7 Å². The van der Waals surface area contributed by atoms with E-state index < -0.39 is 11.6 Å². The van der Waals surface area contributed by atoms with Gasteiger partial charge in [0.25, 0.3) is 5.91 Å². The molecule has 0 unspecified atom stereocenters. The third-order valence-electron chi connectivity index (χ3n) is 5.83. The van der Waals surface area contributed by atoms with Gasteiger partial charge < -0.3 is 16.0 Å². The summed E-state index contributed by atoms with van der Waals surface area (Å²) in [5.74, 6) is -0.492. The van der Waals surface area contributed by atoms with Crippen molar-refractivity contribution in [3.63, 3.8) is 0 Å². The second-order valence-corrected chi connectivity index (χ2v) is 7.46. The molecule has 2 heterocycles. The lowest BCUT2D eigenvalue weighted by atomic mass is 9.82. The Labute approximate surface area is 152 Å². The highest BCUT2D eigenvalue weighted by molar-refractivity contribution is 6.10. The van der Waals surface area contributed by atoms with Crippen LogP contribution in [0.5, 0.6) is 0 Å². The van der Waals surface area contributed by atoms with E-state index in [0.29, 0.717) is 25.1 Å². The van der Waals surface area contributed by atoms with Crippen LogP contribution in [-0.2, 0) is 16.0 Å². The molecule has 26 heavy (non-hydrogen) atoms. The molecule has 1 aromatic rings. The number of imide groups is 1. The molecule has 0 radical (unpaired) electrons. The number of hydrogen-bond acceptors (Lipinski definition) is 4. The Hall–Kier alpha value is -2.57. The van der Waals surface area contributed by atoms with E-state index in [4.69, 9.17) is 5.73 Å². The number of amides is 4. The summed E-state index contributed by atoms with van der Waals surface area (Å²) in [6, 6.07) is 5.08. The molecule has 1 aliphatic carbocycles. The minimum absolute atomic E-state index is 0.222. The largest absolute Gasteiger partial charge is 0.398 e. The van der Waals surface area contributed by atoms with Crippen molar-refractivity contribution >= 4 is 29.2 Å². The average molecular weight is 356 g/mol. The number of carbonyl (C=O) groups is 3. The minimum Gasteiger partial charge on any atom is -0.398 e. The lowest BCUT2D eigenvalue weighted by Crippen LogP contribution is -2.49. The standard InChI is InChI=1S/C19H24N4O3/c20-14-7-4-8-15-13(14)6-5-11-22(15)16(24)12-23-17(25)19(21-18(23)26)9-2-1-3-10-19/h4,7-8H,1-3,5-6,9-12,20H2,(H,21,26). The second-order valence-electron chi connectivity index (χ2n) is 7.46. The highest BCUT2D eigenvalue weighted by atomic mass is 16.2. The quantitative estimate of drug-likeness (QED) is 0.624. The molecular formula is C19H24N4O3. The maximum absolute atomic E-state index is 12.9. The molecule has 3 aliphatic rings. The van der Waals surface area contributed by atoms with Crippen LogP contribution in [0.3, 0.4) is 0 Å². The van der Waals surface area contributed by atoms with Gasteiger partial charge in [0.15, 0.2) is 0 Å². The number of hydrogen-bond donors (Lipinski definition) is 2. The molecule has 1 saturated carbocycles. The van der Waals surface area contributed by atoms with E-state index in [9.17, 15) is 14.4 Å². The predicted octanol–water partition coefficient (Wildman–Crippen LogP) is 1.80. The van der Waals surface area contributed by atoms with Gasteiger partial charge in [0.1, 0.15) is 12.1 Å². The van der Waals surface area contributed by atoms with Crippen LogP contribution in [0.4, 0.5) is 16.2 Å². The van der Waals surface area contributed by atoms with Crippen LogP contribution >= 0.6 is 0 Å². The van der Waals surface area contributed by atoms with Crippen molar-refractivity contribution in [2.75, 3.05) is 23.7 Å². The number of nitrogens with two attached hydrogens (primary N) is 1. The fraction of sp³-hybridized carbons (Fsp3) is 0.526. The SMILES string of the molecule is Nc1cccc2c1CCCN2C(=O)CN1C(=O)NC2(CCCCC2)C1=O. The fourth-order valence-electron chi connectivity index (χ4n) is 4.45. The highest BCUT2D eigenvalue weighted by Crippen LogP contribution is 2.34. The van der Waals surface area contributed by atoms with Gasteiger partial charge >= 0.3 is 6.03 Å². The normalized spacial score (nSPS) is 21.7. The Morgan fingerprint density at radius 3 is 2.69 bits per heavy atom. The zero-order valence-electron chi connectivity index (χ0n) is 14.8. The summed E-state index contributed by atoms with van der Waals surface area (Å²) in [5.41, 5.74) is 7.68. The number of anilines is 2. The van der Waals surface area contributed by atoms with Gasteiger partial charge in [-0.1, -0.05) is 25.3 Å². The lowest BCUT2D eigenvalue weighted by molar-refractivity contribution is -0.135. The fourth-order valence-corrected chi connectivity index (χ4v) is 4.45. The Balaban J connectivity index is 1.53. The van der Waals surface area contributed by atoms with Crippen LogP contribution in [0.25, 0.3) is 0 Å². The van der Waals surface area contributed by atoms with Crippen molar-refractivity contribution in [3.05, 3.63) is 23.8 Å². The van der Waals surface area contributed by atoms with Crippen molar-refractivity contribution in [3.8, 4) is 0 Å². The van der Waals surface area contributed by atoms with Crippen LogP contribution in [-0.4, -0.2) is 41.4 Å². The molecule has 3 N–H and O–H groups in total. The van der Waals surface area contributed by atoms with Crippen molar-refractivity contribution < 1.29 is 14.4 Å². The first-order valence-corrected chi connectivity index (χ1v) is 9.34. The van der Waals surface area contributed by atoms with Crippen LogP contribution in [0, 0.1) is 0 Å². The first-order valence-electron chi connectivity index (χ1n) is 9.34. The summed E-state index contributed by atoms with van der Waals surface area (Å²) in [5, 5.41) is 2.85. The molecule has 4 amide bonds. The molecule has 7 heteroatoms. The third-order valence-corrected chi connectivity index (χ3v) is 5.83. The summed E-state index contributed by atoms with van der Waals surface area (Å²) in [6.45, 7) is 0.352. The smallest absolute Gasteiger partial charge is 0.325 e. The molecule has 0 bridgehead atoms. The van der Waals surface area contributed by atoms with E-state index in [1.807, 2.05) is 18.2 Å². The molecule has 1 saturated heterocycles. The maximum atomic E-state index is 12.9. The third kappa shape index (κ3) is 2.62. The zero-order valence-corrected chi connectivity index (χ0v) is 14.8. The van der Waals surface area contributed by atoms with Gasteiger partial charge in [-0.3, -0.25) is 14.5 Å². The Bertz CT molecular complexity index is 770. The summed E-state index contributed by atoms with van der Waals surface area (Å²) in [6.07, 6.45) is 5.89. The Kier molecular flexibility index (Phi) is 4.09. The summed E-state index contributed by atoms with van der Waals surface area (Å²) in [7, 11) is 0. The minimum atomic E-state index is -0.792. The number of carbonyl (C=O) groups excluding carboxylic acids is 3. The Morgan fingerprint density at radius 2 is 1.92 bits per heavy atom. The van der Waals surface area contributed by atoms with Crippen LogP contribution in [0.1, 0.15) is 44.1 Å². The van der Waals surface area contributed by atoms with Crippen molar-refractivity contribution in [2.24, 2.45) is 0 Å². The zero-order chi connectivity index (χ0) is 18.3. The van der Waals surface area contributed by atoms with Crippen molar-refractivity contribution in [2.45, 2.75) is 50.5 Å². The first kappa shape index (κ1) is 16.9. The number of nitrogen functional groups attached to an aromatic ring is 1. The van der Waals surface area contributed by atoms with E-state index in [1.54, 1.807) is 4.90 Å². The van der Waals surface area contributed by atoms with Gasteiger partial charge in [-0.15, -0.1) is 0 Å². The number of benzene rings is 1. The molecule has 1 aromatic carbocycles. The monoisotopic (exact) mass is 356 g/mol. The molecule has 1 spiro atoms. The van der Waals surface area contributed by atoms with Gasteiger partial charge in [0.05, 0.1) is 0 Å². The van der Waals surface area contributed by atoms with Gasteiger partial charge in [0.2, 0.25) is 5.91 Å². The highest BCUT2D eigenvalue weighted by Gasteiger charge is 2.51. The van der Waals surface area contributed by atoms with Gasteiger partial charge in [-0.25, -0.2) is 4.79 Å². The van der Waals surface area contributed by atoms with E-state index in [2.05, 4.69) is 5.32 Å². The molecule has 4 rings (SSSR count). The predicted molar refractivity (Wildman–Crippen MR) is 97.6 cm³/mol.